The Hall–Kier alpha value is -2.64. The van der Waals surface area contributed by atoms with Gasteiger partial charge in [-0.15, -0.1) is 11.3 Å². The van der Waals surface area contributed by atoms with Gasteiger partial charge < -0.3 is 5.73 Å². The monoisotopic (exact) mass is 305 g/mol. The fraction of sp³-hybridized carbons (Fsp3) is 0.111. The van der Waals surface area contributed by atoms with Crippen LogP contribution in [0.4, 0.5) is 5.82 Å². The van der Waals surface area contributed by atoms with E-state index >= 15 is 0 Å². The van der Waals surface area contributed by atoms with Crippen LogP contribution < -0.4 is 5.73 Å². The van der Waals surface area contributed by atoms with Crippen LogP contribution in [-0.2, 0) is 6.42 Å². The normalized spacial score (nSPS) is 10.8. The minimum atomic E-state index is 0.502. The van der Waals surface area contributed by atoms with Crippen LogP contribution in [0.25, 0.3) is 16.3 Å². The maximum absolute atomic E-state index is 5.53. The maximum Gasteiger partial charge on any atom is 0.123 e. The van der Waals surface area contributed by atoms with Crippen molar-refractivity contribution in [3.05, 3.63) is 58.7 Å². The van der Waals surface area contributed by atoms with Crippen molar-refractivity contribution < 1.29 is 0 Å². The van der Waals surface area contributed by atoms with E-state index in [1.54, 1.807) is 23.6 Å². The number of hydrogen-bond acceptors (Lipinski definition) is 4. The molecule has 3 rings (SSSR count). The second kappa shape index (κ2) is 6.42. The SMILES string of the molecule is CCc1ccc2nc(/C=C/C#Cc3ccc(N)nc3)sc2c1. The molecule has 1 aromatic carbocycles. The van der Waals surface area contributed by atoms with Crippen LogP contribution in [0.2, 0.25) is 0 Å². The molecule has 22 heavy (non-hydrogen) atoms. The van der Waals surface area contributed by atoms with E-state index in [2.05, 4.69) is 46.9 Å². The summed E-state index contributed by atoms with van der Waals surface area (Å²) in [6, 6.07) is 10.0. The summed E-state index contributed by atoms with van der Waals surface area (Å²) < 4.78 is 1.22. The fourth-order valence-corrected chi connectivity index (χ4v) is 2.93. The van der Waals surface area contributed by atoms with Gasteiger partial charge in [0.25, 0.3) is 0 Å². The third-order valence-electron chi connectivity index (χ3n) is 3.19. The topological polar surface area (TPSA) is 51.8 Å². The lowest BCUT2D eigenvalue weighted by molar-refractivity contribution is 1.15. The molecule has 0 spiro atoms. The van der Waals surface area contributed by atoms with Gasteiger partial charge in [-0.1, -0.05) is 24.8 Å². The van der Waals surface area contributed by atoms with Crippen molar-refractivity contribution in [2.24, 2.45) is 0 Å². The standard InChI is InChI=1S/C18H15N3S/c1-2-13-7-9-15-16(11-13)22-18(21-15)6-4-3-5-14-8-10-17(19)20-12-14/h4,6-12H,2H2,1H3,(H2,19,20)/b6-4+. The Bertz CT molecular complexity index is 880. The van der Waals surface area contributed by atoms with Crippen molar-refractivity contribution in [2.45, 2.75) is 13.3 Å². The highest BCUT2D eigenvalue weighted by Crippen LogP contribution is 2.24. The number of thiazole rings is 1. The number of nitrogen functional groups attached to an aromatic ring is 1. The van der Waals surface area contributed by atoms with Crippen LogP contribution in [-0.4, -0.2) is 9.97 Å². The quantitative estimate of drug-likeness (QED) is 0.731. The zero-order chi connectivity index (χ0) is 15.4. The maximum atomic E-state index is 5.53. The predicted octanol–water partition coefficient (Wildman–Crippen LogP) is 3.90. The number of pyridine rings is 1. The van der Waals surface area contributed by atoms with E-state index in [0.717, 1.165) is 22.5 Å². The number of nitrogens with zero attached hydrogens (tertiary/aromatic N) is 2. The summed E-state index contributed by atoms with van der Waals surface area (Å²) >= 11 is 1.68. The Balaban J connectivity index is 1.77. The van der Waals surface area contributed by atoms with Gasteiger partial charge in [0.2, 0.25) is 0 Å². The first-order valence-electron chi connectivity index (χ1n) is 7.03. The second-order valence-electron chi connectivity index (χ2n) is 4.78. The number of anilines is 1. The highest BCUT2D eigenvalue weighted by atomic mass is 32.1. The molecule has 4 heteroatoms. The number of nitrogens with two attached hydrogens (primary N) is 1. The molecule has 2 N–H and O–H groups in total. The lowest BCUT2D eigenvalue weighted by atomic mass is 10.2. The van der Waals surface area contributed by atoms with E-state index in [1.165, 1.54) is 10.3 Å². The average Bonchev–Trinajstić information content (AvgIpc) is 2.95. The number of rotatable bonds is 2. The van der Waals surface area contributed by atoms with Crippen LogP contribution in [0.15, 0.2) is 42.6 Å². The molecular formula is C18H15N3S. The summed E-state index contributed by atoms with van der Waals surface area (Å²) in [6.45, 7) is 2.16. The van der Waals surface area contributed by atoms with Gasteiger partial charge in [-0.3, -0.25) is 0 Å². The van der Waals surface area contributed by atoms with Crippen molar-refractivity contribution in [3.63, 3.8) is 0 Å². The molecular weight excluding hydrogens is 290 g/mol. The summed E-state index contributed by atoms with van der Waals surface area (Å²) in [4.78, 5) is 8.58. The fourth-order valence-electron chi connectivity index (χ4n) is 2.00. The van der Waals surface area contributed by atoms with Crippen LogP contribution in [0.3, 0.4) is 0 Å². The molecule has 2 aromatic heterocycles. The summed E-state index contributed by atoms with van der Waals surface area (Å²) in [6.07, 6.45) is 6.46. The summed E-state index contributed by atoms with van der Waals surface area (Å²) in [5.41, 5.74) is 8.75. The van der Waals surface area contributed by atoms with Crippen molar-refractivity contribution in [3.8, 4) is 11.8 Å². The number of benzene rings is 1. The molecule has 0 aliphatic rings. The van der Waals surface area contributed by atoms with Crippen LogP contribution in [0.5, 0.6) is 0 Å². The molecule has 2 heterocycles. The Kier molecular flexibility index (Phi) is 4.17. The largest absolute Gasteiger partial charge is 0.384 e. The van der Waals surface area contributed by atoms with Gasteiger partial charge in [-0.05, 0) is 48.4 Å². The Morgan fingerprint density at radius 3 is 2.95 bits per heavy atom. The minimum Gasteiger partial charge on any atom is -0.384 e. The number of aromatic nitrogens is 2. The highest BCUT2D eigenvalue weighted by Gasteiger charge is 2.01. The van der Waals surface area contributed by atoms with Gasteiger partial charge >= 0.3 is 0 Å². The smallest absolute Gasteiger partial charge is 0.123 e. The van der Waals surface area contributed by atoms with Crippen molar-refractivity contribution in [1.82, 2.24) is 9.97 Å². The van der Waals surface area contributed by atoms with E-state index in [9.17, 15) is 0 Å². The number of fused-ring (bicyclic) bond motifs is 1. The zero-order valence-corrected chi connectivity index (χ0v) is 13.0. The van der Waals surface area contributed by atoms with E-state index in [0.29, 0.717) is 5.82 Å². The summed E-state index contributed by atoms with van der Waals surface area (Å²) in [5.74, 6) is 6.51. The zero-order valence-electron chi connectivity index (χ0n) is 12.2. The molecule has 0 unspecified atom stereocenters. The predicted molar refractivity (Wildman–Crippen MR) is 93.6 cm³/mol. The molecule has 0 radical (unpaired) electrons. The van der Waals surface area contributed by atoms with Crippen LogP contribution in [0.1, 0.15) is 23.1 Å². The van der Waals surface area contributed by atoms with Crippen LogP contribution in [0, 0.1) is 11.8 Å². The average molecular weight is 305 g/mol. The van der Waals surface area contributed by atoms with Crippen molar-refractivity contribution >= 4 is 33.4 Å². The minimum absolute atomic E-state index is 0.502. The van der Waals surface area contributed by atoms with Crippen molar-refractivity contribution in [2.75, 3.05) is 5.73 Å². The molecule has 3 nitrogen and oxygen atoms in total. The third-order valence-corrected chi connectivity index (χ3v) is 4.17. The first-order valence-corrected chi connectivity index (χ1v) is 7.85. The van der Waals surface area contributed by atoms with Crippen molar-refractivity contribution in [1.29, 1.82) is 0 Å². The van der Waals surface area contributed by atoms with E-state index in [-0.39, 0.29) is 0 Å². The van der Waals surface area contributed by atoms with E-state index in [4.69, 9.17) is 5.73 Å². The molecule has 0 aliphatic heterocycles. The molecule has 0 atom stereocenters. The third kappa shape index (κ3) is 3.33. The van der Waals surface area contributed by atoms with Gasteiger partial charge in [-0.2, -0.15) is 0 Å². The molecule has 0 bridgehead atoms. The first-order chi connectivity index (χ1) is 10.7. The number of hydrogen-bond donors (Lipinski definition) is 1. The van der Waals surface area contributed by atoms with E-state index < -0.39 is 0 Å². The lowest BCUT2D eigenvalue weighted by Crippen LogP contribution is -1.88. The molecule has 0 saturated heterocycles. The Morgan fingerprint density at radius 2 is 2.18 bits per heavy atom. The van der Waals surface area contributed by atoms with Gasteiger partial charge in [0.15, 0.2) is 0 Å². The first kappa shape index (κ1) is 14.3. The number of allylic oxidation sites excluding steroid dienone is 1. The molecule has 0 fully saturated rings. The highest BCUT2D eigenvalue weighted by molar-refractivity contribution is 7.19. The van der Waals surface area contributed by atoms with E-state index in [1.807, 2.05) is 18.2 Å². The van der Waals surface area contributed by atoms with Gasteiger partial charge in [0.05, 0.1) is 10.2 Å². The molecule has 0 amide bonds. The molecule has 108 valence electrons. The Labute approximate surface area is 133 Å². The van der Waals surface area contributed by atoms with Gasteiger partial charge in [0.1, 0.15) is 10.8 Å². The molecule has 0 saturated carbocycles. The summed E-state index contributed by atoms with van der Waals surface area (Å²) in [7, 11) is 0. The second-order valence-corrected chi connectivity index (χ2v) is 5.84. The molecule has 3 aromatic rings. The summed E-state index contributed by atoms with van der Waals surface area (Å²) in [5, 5.41) is 0.966. The van der Waals surface area contributed by atoms with Gasteiger partial charge in [-0.25, -0.2) is 9.97 Å². The Morgan fingerprint density at radius 1 is 1.27 bits per heavy atom. The van der Waals surface area contributed by atoms with Gasteiger partial charge in [0, 0.05) is 11.8 Å². The van der Waals surface area contributed by atoms with Crippen LogP contribution >= 0.6 is 11.3 Å². The number of aryl methyl sites for hydroxylation is 1. The lowest BCUT2D eigenvalue weighted by Gasteiger charge is -1.93. The molecule has 0 aliphatic carbocycles.